The first-order valence-corrected chi connectivity index (χ1v) is 7.59. The van der Waals surface area contributed by atoms with Crippen LogP contribution in [-0.2, 0) is 14.3 Å². The zero-order chi connectivity index (χ0) is 16.7. The molecule has 122 valence electrons. The molecule has 0 aliphatic heterocycles. The third-order valence-corrected chi connectivity index (χ3v) is 4.08. The van der Waals surface area contributed by atoms with Gasteiger partial charge in [0.1, 0.15) is 5.60 Å². The van der Waals surface area contributed by atoms with Gasteiger partial charge in [-0.2, -0.15) is 0 Å². The number of esters is 1. The molecule has 0 fully saturated rings. The summed E-state index contributed by atoms with van der Waals surface area (Å²) in [5.74, 6) is -0.344. The van der Waals surface area contributed by atoms with Crippen LogP contribution in [0.15, 0.2) is 60.2 Å². The molecule has 0 saturated carbocycles. The van der Waals surface area contributed by atoms with E-state index in [1.54, 1.807) is 7.11 Å². The van der Waals surface area contributed by atoms with E-state index in [1.165, 1.54) is 13.2 Å². The molecule has 1 aromatic carbocycles. The molecule has 2 N–H and O–H groups in total. The smallest absolute Gasteiger partial charge is 0.330 e. The van der Waals surface area contributed by atoms with Gasteiger partial charge in [0.05, 0.1) is 7.11 Å². The van der Waals surface area contributed by atoms with Gasteiger partial charge in [-0.3, -0.25) is 0 Å². The predicted molar refractivity (Wildman–Crippen MR) is 91.6 cm³/mol. The maximum Gasteiger partial charge on any atom is 0.330 e. The summed E-state index contributed by atoms with van der Waals surface area (Å²) in [4.78, 5) is 11.4. The number of benzene rings is 1. The van der Waals surface area contributed by atoms with Gasteiger partial charge in [0.15, 0.2) is 0 Å². The molecule has 0 aromatic heterocycles. The summed E-state index contributed by atoms with van der Waals surface area (Å²) in [7, 11) is 3.04. The number of rotatable bonds is 5. The molecule has 0 spiro atoms. The Labute approximate surface area is 137 Å². The van der Waals surface area contributed by atoms with Crippen molar-refractivity contribution in [3.63, 3.8) is 0 Å². The maximum absolute atomic E-state index is 11.4. The van der Waals surface area contributed by atoms with Gasteiger partial charge < -0.3 is 15.2 Å². The van der Waals surface area contributed by atoms with Crippen LogP contribution in [0.1, 0.15) is 12.0 Å². The normalized spacial score (nSPS) is 25.9. The highest BCUT2D eigenvalue weighted by atomic mass is 16.5. The lowest BCUT2D eigenvalue weighted by Gasteiger charge is -2.34. The van der Waals surface area contributed by atoms with Crippen molar-refractivity contribution < 1.29 is 14.3 Å². The first-order valence-electron chi connectivity index (χ1n) is 7.59. The fraction of sp³-hybridized carbons (Fsp3) is 0.316. The van der Waals surface area contributed by atoms with E-state index in [0.717, 1.165) is 11.1 Å². The Balaban J connectivity index is 2.35. The molecule has 0 amide bonds. The minimum absolute atomic E-state index is 0.0177. The highest BCUT2D eigenvalue weighted by molar-refractivity contribution is 5.82. The lowest BCUT2D eigenvalue weighted by atomic mass is 9.79. The van der Waals surface area contributed by atoms with Gasteiger partial charge in [-0.1, -0.05) is 60.2 Å². The van der Waals surface area contributed by atoms with Gasteiger partial charge in [0, 0.05) is 32.1 Å². The zero-order valence-corrected chi connectivity index (χ0v) is 13.6. The molecule has 0 radical (unpaired) electrons. The second kappa shape index (κ2) is 7.90. The summed E-state index contributed by atoms with van der Waals surface area (Å²) in [6.45, 7) is 0.402. The lowest BCUT2D eigenvalue weighted by molar-refractivity contribution is -0.134. The molecule has 4 nitrogen and oxygen atoms in total. The van der Waals surface area contributed by atoms with Crippen molar-refractivity contribution in [2.75, 3.05) is 20.8 Å². The minimum atomic E-state index is -0.490. The number of hydrogen-bond donors (Lipinski definition) is 1. The monoisotopic (exact) mass is 313 g/mol. The quantitative estimate of drug-likeness (QED) is 0.516. The Bertz CT molecular complexity index is 613. The van der Waals surface area contributed by atoms with E-state index in [9.17, 15) is 4.79 Å². The highest BCUT2D eigenvalue weighted by Gasteiger charge is 2.32. The van der Waals surface area contributed by atoms with Crippen molar-refractivity contribution >= 4 is 12.0 Å². The Morgan fingerprint density at radius 1 is 1.35 bits per heavy atom. The van der Waals surface area contributed by atoms with Crippen molar-refractivity contribution in [3.05, 3.63) is 65.8 Å². The lowest BCUT2D eigenvalue weighted by Crippen LogP contribution is -2.40. The molecule has 4 heteroatoms. The van der Waals surface area contributed by atoms with E-state index in [-0.39, 0.29) is 11.9 Å². The highest BCUT2D eigenvalue weighted by Crippen LogP contribution is 2.34. The molecule has 2 rings (SSSR count). The van der Waals surface area contributed by atoms with E-state index in [0.29, 0.717) is 13.0 Å². The molecule has 0 heterocycles. The largest absolute Gasteiger partial charge is 0.466 e. The second-order valence-corrected chi connectivity index (χ2v) is 5.55. The van der Waals surface area contributed by atoms with Crippen LogP contribution >= 0.6 is 0 Å². The molecule has 1 aromatic rings. The van der Waals surface area contributed by atoms with Crippen LogP contribution in [0.5, 0.6) is 0 Å². The van der Waals surface area contributed by atoms with Gasteiger partial charge in [0.2, 0.25) is 0 Å². The standard InChI is InChI=1S/C19H23NO3/c1-22-18(21)9-8-16-10-11-19(14-20,23-2)13-17(16)12-15-6-4-3-5-7-15/h3-12,16H,13-14,20H2,1-2H3. The van der Waals surface area contributed by atoms with Crippen LogP contribution in [0.2, 0.25) is 0 Å². The molecule has 23 heavy (non-hydrogen) atoms. The summed E-state index contributed by atoms with van der Waals surface area (Å²) in [5.41, 5.74) is 7.66. The van der Waals surface area contributed by atoms with Crippen molar-refractivity contribution in [2.24, 2.45) is 11.7 Å². The van der Waals surface area contributed by atoms with Crippen LogP contribution in [0.25, 0.3) is 6.08 Å². The minimum Gasteiger partial charge on any atom is -0.466 e. The average molecular weight is 313 g/mol. The predicted octanol–water partition coefficient (Wildman–Crippen LogP) is 2.72. The van der Waals surface area contributed by atoms with Crippen molar-refractivity contribution in [2.45, 2.75) is 12.0 Å². The van der Waals surface area contributed by atoms with E-state index in [4.69, 9.17) is 10.5 Å². The molecule has 0 saturated heterocycles. The van der Waals surface area contributed by atoms with Crippen molar-refractivity contribution in [3.8, 4) is 0 Å². The number of ether oxygens (including phenoxy) is 2. The summed E-state index contributed by atoms with van der Waals surface area (Å²) in [5, 5.41) is 0. The van der Waals surface area contributed by atoms with E-state index in [2.05, 4.69) is 10.8 Å². The third kappa shape index (κ3) is 4.41. The summed E-state index contributed by atoms with van der Waals surface area (Å²) < 4.78 is 10.3. The Morgan fingerprint density at radius 3 is 2.70 bits per heavy atom. The van der Waals surface area contributed by atoms with Crippen molar-refractivity contribution in [1.29, 1.82) is 0 Å². The van der Waals surface area contributed by atoms with Gasteiger partial charge in [-0.15, -0.1) is 0 Å². The molecule has 2 atom stereocenters. The van der Waals surface area contributed by atoms with E-state index < -0.39 is 5.60 Å². The zero-order valence-electron chi connectivity index (χ0n) is 13.6. The van der Waals surface area contributed by atoms with Gasteiger partial charge in [-0.25, -0.2) is 4.79 Å². The number of allylic oxidation sites excluding steroid dienone is 2. The first-order chi connectivity index (χ1) is 11.1. The maximum atomic E-state index is 11.4. The summed E-state index contributed by atoms with van der Waals surface area (Å²) >= 11 is 0. The van der Waals surface area contributed by atoms with Gasteiger partial charge in [0.25, 0.3) is 0 Å². The fourth-order valence-electron chi connectivity index (χ4n) is 2.64. The summed E-state index contributed by atoms with van der Waals surface area (Å²) in [6.07, 6.45) is 10.1. The van der Waals surface area contributed by atoms with Gasteiger partial charge in [-0.05, 0) is 5.56 Å². The topological polar surface area (TPSA) is 61.5 Å². The summed E-state index contributed by atoms with van der Waals surface area (Å²) in [6, 6.07) is 10.1. The van der Waals surface area contributed by atoms with Crippen LogP contribution < -0.4 is 5.73 Å². The number of hydrogen-bond acceptors (Lipinski definition) is 4. The molecule has 1 aliphatic rings. The van der Waals surface area contributed by atoms with Crippen LogP contribution in [0.4, 0.5) is 0 Å². The second-order valence-electron chi connectivity index (χ2n) is 5.55. The number of carbonyl (C=O) groups excluding carboxylic acids is 1. The van der Waals surface area contributed by atoms with Crippen molar-refractivity contribution in [1.82, 2.24) is 0 Å². The first kappa shape index (κ1) is 17.2. The van der Waals surface area contributed by atoms with Crippen LogP contribution in [0.3, 0.4) is 0 Å². The fourth-order valence-corrected chi connectivity index (χ4v) is 2.64. The van der Waals surface area contributed by atoms with Gasteiger partial charge >= 0.3 is 5.97 Å². The molecule has 0 bridgehead atoms. The molecular formula is C19H23NO3. The Morgan fingerprint density at radius 2 is 2.09 bits per heavy atom. The average Bonchev–Trinajstić information content (AvgIpc) is 2.61. The third-order valence-electron chi connectivity index (χ3n) is 4.08. The molecule has 2 unspecified atom stereocenters. The Hall–Kier alpha value is -2.17. The molecule has 1 aliphatic carbocycles. The molecular weight excluding hydrogens is 290 g/mol. The number of methoxy groups -OCH3 is 2. The Kier molecular flexibility index (Phi) is 5.90. The van der Waals surface area contributed by atoms with Crippen LogP contribution in [-0.4, -0.2) is 32.3 Å². The number of nitrogens with two attached hydrogens (primary N) is 1. The number of carbonyl (C=O) groups is 1. The van der Waals surface area contributed by atoms with Crippen LogP contribution in [0, 0.1) is 5.92 Å². The SMILES string of the molecule is COC(=O)C=CC1C=CC(CN)(OC)CC1=Cc1ccccc1. The van der Waals surface area contributed by atoms with E-state index >= 15 is 0 Å². The van der Waals surface area contributed by atoms with E-state index in [1.807, 2.05) is 48.6 Å².